The summed E-state index contributed by atoms with van der Waals surface area (Å²) in [6.45, 7) is 18.7. The lowest BCUT2D eigenvalue weighted by atomic mass is 9.90. The van der Waals surface area contributed by atoms with E-state index in [9.17, 15) is 0 Å². The van der Waals surface area contributed by atoms with E-state index in [1.807, 2.05) is 26.0 Å². The maximum atomic E-state index is 4.20. The van der Waals surface area contributed by atoms with Crippen LogP contribution in [-0.4, -0.2) is 0 Å². The lowest BCUT2D eigenvalue weighted by Crippen LogP contribution is -2.23. The summed E-state index contributed by atoms with van der Waals surface area (Å²) >= 11 is 0. The van der Waals surface area contributed by atoms with E-state index in [1.54, 1.807) is 0 Å². The molecule has 0 fully saturated rings. The SMILES string of the molecule is C=CC(=C)N(C1=C(CC=C(C)C)CC(C)C=C1)c1ccccc1.CC. The molecule has 0 aromatic heterocycles. The first-order chi connectivity index (χ1) is 12.0. The molecule has 134 valence electrons. The van der Waals surface area contributed by atoms with Gasteiger partial charge in [-0.25, -0.2) is 0 Å². The van der Waals surface area contributed by atoms with Gasteiger partial charge in [0, 0.05) is 17.1 Å². The predicted molar refractivity (Wildman–Crippen MR) is 114 cm³/mol. The largest absolute Gasteiger partial charge is 0.311 e. The summed E-state index contributed by atoms with van der Waals surface area (Å²) in [6, 6.07) is 10.4. The van der Waals surface area contributed by atoms with Crippen molar-refractivity contribution in [2.75, 3.05) is 4.90 Å². The van der Waals surface area contributed by atoms with Crippen molar-refractivity contribution >= 4 is 5.69 Å². The number of hydrogen-bond donors (Lipinski definition) is 0. The van der Waals surface area contributed by atoms with Gasteiger partial charge in [-0.1, -0.05) is 69.9 Å². The van der Waals surface area contributed by atoms with Gasteiger partial charge in [-0.2, -0.15) is 0 Å². The molecule has 0 amide bonds. The second-order valence-electron chi connectivity index (χ2n) is 6.38. The van der Waals surface area contributed by atoms with Gasteiger partial charge in [0.15, 0.2) is 0 Å². The van der Waals surface area contributed by atoms with E-state index in [0.717, 1.165) is 24.2 Å². The fourth-order valence-corrected chi connectivity index (χ4v) is 2.81. The Labute approximate surface area is 154 Å². The molecule has 0 spiro atoms. The van der Waals surface area contributed by atoms with Crippen LogP contribution < -0.4 is 4.90 Å². The van der Waals surface area contributed by atoms with Gasteiger partial charge in [0.1, 0.15) is 0 Å². The van der Waals surface area contributed by atoms with Gasteiger partial charge in [0.05, 0.1) is 0 Å². The van der Waals surface area contributed by atoms with Crippen LogP contribution in [0.1, 0.15) is 47.5 Å². The summed E-state index contributed by atoms with van der Waals surface area (Å²) in [7, 11) is 0. The zero-order valence-electron chi connectivity index (χ0n) is 16.5. The van der Waals surface area contributed by atoms with Gasteiger partial charge >= 0.3 is 0 Å². The molecule has 1 aliphatic rings. The number of para-hydroxylation sites is 1. The second-order valence-corrected chi connectivity index (χ2v) is 6.38. The molecule has 1 nitrogen and oxygen atoms in total. The third kappa shape index (κ3) is 5.94. The molecule has 1 aromatic carbocycles. The Morgan fingerprint density at radius 2 is 1.84 bits per heavy atom. The Morgan fingerprint density at radius 3 is 2.40 bits per heavy atom. The summed E-state index contributed by atoms with van der Waals surface area (Å²) in [5, 5.41) is 0. The van der Waals surface area contributed by atoms with E-state index in [-0.39, 0.29) is 0 Å². The Hall–Kier alpha value is -2.28. The van der Waals surface area contributed by atoms with Crippen LogP contribution in [0.15, 0.2) is 90.3 Å². The van der Waals surface area contributed by atoms with Crippen LogP contribution in [0, 0.1) is 5.92 Å². The van der Waals surface area contributed by atoms with Crippen LogP contribution in [-0.2, 0) is 0 Å². The highest BCUT2D eigenvalue weighted by Crippen LogP contribution is 2.33. The number of allylic oxidation sites excluding steroid dienone is 6. The van der Waals surface area contributed by atoms with Crippen LogP contribution >= 0.6 is 0 Å². The molecule has 0 aliphatic heterocycles. The summed E-state index contributed by atoms with van der Waals surface area (Å²) in [4.78, 5) is 2.21. The molecular formula is C24H33N. The van der Waals surface area contributed by atoms with E-state index in [4.69, 9.17) is 0 Å². The second kappa shape index (κ2) is 10.6. The fourth-order valence-electron chi connectivity index (χ4n) is 2.81. The summed E-state index contributed by atoms with van der Waals surface area (Å²) in [6.07, 6.45) is 10.7. The molecule has 0 bridgehead atoms. The van der Waals surface area contributed by atoms with Gasteiger partial charge < -0.3 is 4.90 Å². The number of hydrogen-bond acceptors (Lipinski definition) is 1. The molecule has 1 unspecified atom stereocenters. The highest BCUT2D eigenvalue weighted by Gasteiger charge is 2.20. The normalized spacial score (nSPS) is 15.8. The predicted octanol–water partition coefficient (Wildman–Crippen LogP) is 7.43. The Kier molecular flexibility index (Phi) is 8.77. The van der Waals surface area contributed by atoms with Crippen LogP contribution in [0.4, 0.5) is 5.69 Å². The van der Waals surface area contributed by atoms with Crippen LogP contribution in [0.5, 0.6) is 0 Å². The number of anilines is 1. The van der Waals surface area contributed by atoms with E-state index >= 15 is 0 Å². The molecule has 0 saturated carbocycles. The molecule has 2 rings (SSSR count). The molecule has 0 radical (unpaired) electrons. The molecule has 0 saturated heterocycles. The summed E-state index contributed by atoms with van der Waals surface area (Å²) in [5.74, 6) is 0.578. The highest BCUT2D eigenvalue weighted by molar-refractivity contribution is 5.63. The van der Waals surface area contributed by atoms with E-state index < -0.39 is 0 Å². The first-order valence-electron chi connectivity index (χ1n) is 9.23. The molecule has 0 N–H and O–H groups in total. The van der Waals surface area contributed by atoms with Gasteiger partial charge in [0.2, 0.25) is 0 Å². The van der Waals surface area contributed by atoms with Crippen molar-refractivity contribution in [1.82, 2.24) is 0 Å². The molecule has 1 heteroatoms. The summed E-state index contributed by atoms with van der Waals surface area (Å²) in [5.41, 5.74) is 6.07. The zero-order valence-corrected chi connectivity index (χ0v) is 16.5. The summed E-state index contributed by atoms with van der Waals surface area (Å²) < 4.78 is 0. The fraction of sp³-hybridized carbons (Fsp3) is 0.333. The molecule has 1 atom stereocenters. The van der Waals surface area contributed by atoms with Crippen LogP contribution in [0.2, 0.25) is 0 Å². The third-order valence-electron chi connectivity index (χ3n) is 4.05. The standard InChI is InChI=1S/C22H27N.C2H6/c1-6-19(5)23(21-10-8-7-9-11-21)22-15-13-18(4)16-20(22)14-12-17(2)3;1-2/h6-13,15,18H,1,5,14,16H2,2-4H3;1-2H3. The Balaban J connectivity index is 0.00000151. The molecular weight excluding hydrogens is 302 g/mol. The molecule has 1 aromatic rings. The van der Waals surface area contributed by atoms with Gasteiger partial charge in [-0.3, -0.25) is 0 Å². The molecule has 1 aliphatic carbocycles. The molecule has 25 heavy (non-hydrogen) atoms. The van der Waals surface area contributed by atoms with Crippen molar-refractivity contribution in [3.63, 3.8) is 0 Å². The van der Waals surface area contributed by atoms with Gasteiger partial charge in [-0.05, 0) is 62.5 Å². The lowest BCUT2D eigenvalue weighted by molar-refractivity contribution is 0.684. The van der Waals surface area contributed by atoms with Crippen molar-refractivity contribution in [2.24, 2.45) is 5.92 Å². The topological polar surface area (TPSA) is 3.24 Å². The van der Waals surface area contributed by atoms with Crippen molar-refractivity contribution in [3.05, 3.63) is 90.3 Å². The Bertz CT molecular complexity index is 655. The first-order valence-corrected chi connectivity index (χ1v) is 9.23. The minimum Gasteiger partial charge on any atom is -0.311 e. The van der Waals surface area contributed by atoms with Gasteiger partial charge in [-0.15, -0.1) is 0 Å². The van der Waals surface area contributed by atoms with Gasteiger partial charge in [0.25, 0.3) is 0 Å². The van der Waals surface area contributed by atoms with Crippen molar-refractivity contribution in [2.45, 2.75) is 47.5 Å². The molecule has 0 heterocycles. The average molecular weight is 336 g/mol. The van der Waals surface area contributed by atoms with E-state index in [0.29, 0.717) is 5.92 Å². The minimum absolute atomic E-state index is 0.578. The maximum Gasteiger partial charge on any atom is 0.0461 e. The average Bonchev–Trinajstić information content (AvgIpc) is 2.64. The van der Waals surface area contributed by atoms with Crippen molar-refractivity contribution in [3.8, 4) is 0 Å². The Morgan fingerprint density at radius 1 is 1.20 bits per heavy atom. The monoisotopic (exact) mass is 335 g/mol. The van der Waals surface area contributed by atoms with E-state index in [1.165, 1.54) is 16.8 Å². The quantitative estimate of drug-likeness (QED) is 0.386. The zero-order chi connectivity index (χ0) is 18.8. The first kappa shape index (κ1) is 20.8. The number of benzene rings is 1. The number of nitrogens with zero attached hydrogens (tertiary/aromatic N) is 1. The lowest BCUT2D eigenvalue weighted by Gasteiger charge is -2.31. The smallest absolute Gasteiger partial charge is 0.0461 e. The van der Waals surface area contributed by atoms with Crippen LogP contribution in [0.3, 0.4) is 0 Å². The van der Waals surface area contributed by atoms with Crippen LogP contribution in [0.25, 0.3) is 0 Å². The van der Waals surface area contributed by atoms with Crippen molar-refractivity contribution < 1.29 is 0 Å². The highest BCUT2D eigenvalue weighted by atomic mass is 15.2. The number of rotatable bonds is 6. The van der Waals surface area contributed by atoms with Crippen molar-refractivity contribution in [1.29, 1.82) is 0 Å². The minimum atomic E-state index is 0.578. The third-order valence-corrected chi connectivity index (χ3v) is 4.05. The maximum absolute atomic E-state index is 4.20. The van der Waals surface area contributed by atoms with E-state index in [2.05, 4.69) is 81.3 Å².